The molecule has 4 heteroatoms. The maximum Gasteiger partial charge on any atom is 0.160 e. The van der Waals surface area contributed by atoms with Crippen LogP contribution in [0.25, 0.3) is 99.2 Å². The maximum atomic E-state index is 6.82. The molecule has 0 saturated carbocycles. The number of benzene rings is 9. The lowest BCUT2D eigenvalue weighted by Crippen LogP contribution is -2.11. The minimum absolute atomic E-state index is 0.835. The summed E-state index contributed by atoms with van der Waals surface area (Å²) in [5.74, 6) is 0. The summed E-state index contributed by atoms with van der Waals surface area (Å²) in [4.78, 5) is 2.34. The van der Waals surface area contributed by atoms with Gasteiger partial charge in [-0.3, -0.25) is 0 Å². The van der Waals surface area contributed by atoms with E-state index in [9.17, 15) is 0 Å². The Morgan fingerprint density at radius 2 is 0.690 bits per heavy atom. The van der Waals surface area contributed by atoms with Crippen LogP contribution in [-0.4, -0.2) is 0 Å². The third-order valence-corrected chi connectivity index (χ3v) is 11.5. The summed E-state index contributed by atoms with van der Waals surface area (Å²) in [7, 11) is 0. The van der Waals surface area contributed by atoms with E-state index in [-0.39, 0.29) is 0 Å². The molecular weight excluding hydrogens is 711 g/mol. The molecule has 12 rings (SSSR count). The third-order valence-electron chi connectivity index (χ3n) is 11.5. The normalized spacial score (nSPS) is 11.8. The van der Waals surface area contributed by atoms with Crippen LogP contribution in [0.4, 0.5) is 17.1 Å². The molecule has 9 aromatic carbocycles. The summed E-state index contributed by atoms with van der Waals surface area (Å²) in [6.07, 6.45) is 0. The molecule has 0 bridgehead atoms. The Labute approximate surface area is 333 Å². The number of rotatable bonds is 6. The van der Waals surface area contributed by atoms with E-state index in [0.29, 0.717) is 0 Å². The van der Waals surface area contributed by atoms with Crippen LogP contribution in [0.5, 0.6) is 0 Å². The molecule has 0 fully saturated rings. The molecule has 0 saturated heterocycles. The Morgan fingerprint density at radius 3 is 1.22 bits per heavy atom. The maximum absolute atomic E-state index is 6.82. The Kier molecular flexibility index (Phi) is 7.20. The van der Waals surface area contributed by atoms with Gasteiger partial charge in [0.15, 0.2) is 5.58 Å². The van der Waals surface area contributed by atoms with E-state index < -0.39 is 0 Å². The first-order valence-electron chi connectivity index (χ1n) is 19.6. The largest absolute Gasteiger partial charge is 0.456 e. The highest BCUT2D eigenvalue weighted by Crippen LogP contribution is 2.48. The molecule has 3 heterocycles. The molecule has 0 aliphatic rings. The first-order valence-corrected chi connectivity index (χ1v) is 19.6. The van der Waals surface area contributed by atoms with Gasteiger partial charge in [0.25, 0.3) is 0 Å². The Morgan fingerprint density at radius 1 is 0.276 bits per heavy atom. The predicted octanol–water partition coefficient (Wildman–Crippen LogP) is 15.9. The summed E-state index contributed by atoms with van der Waals surface area (Å²) in [5.41, 5.74) is 14.8. The van der Waals surface area contributed by atoms with Gasteiger partial charge in [0.1, 0.15) is 27.9 Å². The highest BCUT2D eigenvalue weighted by Gasteiger charge is 2.24. The molecule has 0 aliphatic carbocycles. The van der Waals surface area contributed by atoms with Gasteiger partial charge in [-0.2, -0.15) is 0 Å². The zero-order chi connectivity index (χ0) is 38.2. The van der Waals surface area contributed by atoms with Crippen LogP contribution in [-0.2, 0) is 0 Å². The summed E-state index contributed by atoms with van der Waals surface area (Å²) >= 11 is 0. The summed E-state index contributed by atoms with van der Waals surface area (Å²) in [6.45, 7) is 0. The van der Waals surface area contributed by atoms with Crippen LogP contribution in [0.1, 0.15) is 0 Å². The lowest BCUT2D eigenvalue weighted by atomic mass is 9.98. The van der Waals surface area contributed by atoms with E-state index in [4.69, 9.17) is 13.3 Å². The zero-order valence-corrected chi connectivity index (χ0v) is 31.2. The number of furan rings is 3. The highest BCUT2D eigenvalue weighted by molar-refractivity contribution is 6.14. The molecule has 58 heavy (non-hydrogen) atoms. The average Bonchev–Trinajstić information content (AvgIpc) is 3.98. The Bertz CT molecular complexity index is 3340. The van der Waals surface area contributed by atoms with Crippen LogP contribution in [0.3, 0.4) is 0 Å². The van der Waals surface area contributed by atoms with Crippen LogP contribution in [0.15, 0.2) is 213 Å². The predicted molar refractivity (Wildman–Crippen MR) is 239 cm³/mol. The fraction of sp³-hybridized carbons (Fsp3) is 0. The molecule has 272 valence electrons. The summed E-state index contributed by atoms with van der Waals surface area (Å²) in [5, 5.41) is 6.66. The van der Waals surface area contributed by atoms with Gasteiger partial charge in [-0.05, 0) is 101 Å². The second-order valence-electron chi connectivity index (χ2n) is 14.9. The van der Waals surface area contributed by atoms with Crippen molar-refractivity contribution in [2.24, 2.45) is 0 Å². The lowest BCUT2D eigenvalue weighted by Gasteiger charge is -2.28. The zero-order valence-electron chi connectivity index (χ0n) is 31.2. The second-order valence-corrected chi connectivity index (χ2v) is 14.9. The molecule has 4 nitrogen and oxygen atoms in total. The number of anilines is 3. The van der Waals surface area contributed by atoms with E-state index >= 15 is 0 Å². The van der Waals surface area contributed by atoms with Gasteiger partial charge in [0.05, 0.1) is 5.69 Å². The van der Waals surface area contributed by atoms with Crippen LogP contribution < -0.4 is 4.90 Å². The van der Waals surface area contributed by atoms with Crippen LogP contribution >= 0.6 is 0 Å². The van der Waals surface area contributed by atoms with Crippen molar-refractivity contribution in [3.05, 3.63) is 200 Å². The van der Waals surface area contributed by atoms with Crippen molar-refractivity contribution in [2.45, 2.75) is 0 Å². The van der Waals surface area contributed by atoms with Gasteiger partial charge >= 0.3 is 0 Å². The number of hydrogen-bond donors (Lipinski definition) is 0. The molecule has 0 unspecified atom stereocenters. The van der Waals surface area contributed by atoms with Crippen molar-refractivity contribution in [2.75, 3.05) is 4.90 Å². The van der Waals surface area contributed by atoms with Gasteiger partial charge in [-0.15, -0.1) is 0 Å². The number of hydrogen-bond acceptors (Lipinski definition) is 4. The van der Waals surface area contributed by atoms with Crippen molar-refractivity contribution in [1.82, 2.24) is 0 Å². The first kappa shape index (κ1) is 32.4. The minimum Gasteiger partial charge on any atom is -0.456 e. The van der Waals surface area contributed by atoms with Crippen molar-refractivity contribution in [1.29, 1.82) is 0 Å². The molecule has 3 aromatic heterocycles. The van der Waals surface area contributed by atoms with E-state index in [1.807, 2.05) is 36.4 Å². The highest BCUT2D eigenvalue weighted by atomic mass is 16.3. The lowest BCUT2D eigenvalue weighted by molar-refractivity contribution is 0.668. The van der Waals surface area contributed by atoms with E-state index in [1.165, 1.54) is 0 Å². The first-order chi connectivity index (χ1) is 28.7. The molecule has 0 N–H and O–H groups in total. The number of para-hydroxylation sites is 3. The molecule has 0 aliphatic heterocycles. The van der Waals surface area contributed by atoms with Crippen LogP contribution in [0, 0.1) is 0 Å². The topological polar surface area (TPSA) is 42.7 Å². The van der Waals surface area contributed by atoms with Crippen LogP contribution in [0.2, 0.25) is 0 Å². The number of fused-ring (bicyclic) bond motifs is 9. The van der Waals surface area contributed by atoms with E-state index in [0.717, 1.165) is 116 Å². The van der Waals surface area contributed by atoms with E-state index in [2.05, 4.69) is 169 Å². The Balaban J connectivity index is 1.03. The third kappa shape index (κ3) is 5.16. The standard InChI is InChI=1S/C54H33NO3/c1-2-10-36(11-3-1)41-30-31-47-44-14-6-9-17-50(44)58-54(47)53(41)55(39-24-18-34(19-25-39)37-22-28-45-42-12-4-7-15-48(42)56-51(45)32-37)40-26-20-35(21-27-40)38-23-29-46-43-13-5-8-16-49(43)57-52(46)33-38/h1-33H. The second kappa shape index (κ2) is 12.9. The molecule has 12 aromatic rings. The van der Waals surface area contributed by atoms with Crippen molar-refractivity contribution < 1.29 is 13.3 Å². The van der Waals surface area contributed by atoms with Crippen molar-refractivity contribution in [3.8, 4) is 33.4 Å². The van der Waals surface area contributed by atoms with Gasteiger partial charge in [-0.1, -0.05) is 127 Å². The molecule has 0 atom stereocenters. The Hall–Kier alpha value is -7.82. The fourth-order valence-electron chi connectivity index (χ4n) is 8.67. The molecule has 0 amide bonds. The average molecular weight is 744 g/mol. The molecule has 0 radical (unpaired) electrons. The minimum atomic E-state index is 0.835. The monoisotopic (exact) mass is 743 g/mol. The van der Waals surface area contributed by atoms with Gasteiger partial charge in [-0.25, -0.2) is 0 Å². The molecule has 0 spiro atoms. The quantitative estimate of drug-likeness (QED) is 0.170. The van der Waals surface area contributed by atoms with Gasteiger partial charge in [0, 0.05) is 49.3 Å². The number of nitrogens with zero attached hydrogens (tertiary/aromatic N) is 1. The smallest absolute Gasteiger partial charge is 0.160 e. The van der Waals surface area contributed by atoms with Gasteiger partial charge < -0.3 is 18.2 Å². The van der Waals surface area contributed by atoms with Crippen molar-refractivity contribution in [3.63, 3.8) is 0 Å². The molecular formula is C54H33NO3. The van der Waals surface area contributed by atoms with Crippen molar-refractivity contribution >= 4 is 82.9 Å². The summed E-state index contributed by atoms with van der Waals surface area (Å²) < 4.78 is 19.4. The van der Waals surface area contributed by atoms with Gasteiger partial charge in [0.2, 0.25) is 0 Å². The summed E-state index contributed by atoms with van der Waals surface area (Å²) in [6, 6.07) is 70.3. The van der Waals surface area contributed by atoms with E-state index in [1.54, 1.807) is 0 Å². The fourth-order valence-corrected chi connectivity index (χ4v) is 8.67. The SMILES string of the molecule is c1ccc(-c2ccc3c(oc4ccccc43)c2N(c2ccc(-c3ccc4c(c3)oc3ccccc34)cc2)c2ccc(-c3ccc4c(c3)oc3ccccc34)cc2)cc1.